The van der Waals surface area contributed by atoms with E-state index in [-0.39, 0.29) is 5.91 Å². The number of carbonyl (C=O) groups excluding carboxylic acids is 1. The predicted octanol–water partition coefficient (Wildman–Crippen LogP) is 4.80. The van der Waals surface area contributed by atoms with Crippen LogP contribution in [-0.2, 0) is 11.4 Å². The lowest BCUT2D eigenvalue weighted by atomic mass is 10.1. The van der Waals surface area contributed by atoms with Crippen LogP contribution in [0.1, 0.15) is 23.6 Å². The molecule has 140 valence electrons. The summed E-state index contributed by atoms with van der Waals surface area (Å²) < 4.78 is 12.0. The highest BCUT2D eigenvalue weighted by molar-refractivity contribution is 8.26. The number of thioether (sulfide) groups is 1. The quantitative estimate of drug-likeness (QED) is 0.515. The number of ether oxygens (including phenoxy) is 2. The number of amides is 1. The summed E-state index contributed by atoms with van der Waals surface area (Å²) in [6.07, 6.45) is 1.83. The monoisotopic (exact) mass is 399 g/mol. The number of hydrogen-bond donors (Lipinski definition) is 0. The molecule has 3 rings (SSSR count). The summed E-state index contributed by atoms with van der Waals surface area (Å²) >= 11 is 6.58. The molecular weight excluding hydrogens is 378 g/mol. The van der Waals surface area contributed by atoms with Crippen molar-refractivity contribution in [2.75, 3.05) is 13.7 Å². The van der Waals surface area contributed by atoms with Gasteiger partial charge in [0.15, 0.2) is 11.5 Å². The van der Waals surface area contributed by atoms with Crippen molar-refractivity contribution in [1.82, 2.24) is 4.90 Å². The molecule has 0 bridgehead atoms. The molecule has 1 fully saturated rings. The standard InChI is InChI=1S/C21H21NO3S2/c1-4-22-20(23)19(27-21(22)26)12-16-9-10-17(18(11-16)24-3)25-13-15-7-5-14(2)6-8-15/h5-12H,4,13H2,1-3H3. The molecule has 0 radical (unpaired) electrons. The Morgan fingerprint density at radius 1 is 1.15 bits per heavy atom. The first-order chi connectivity index (χ1) is 13.0. The Morgan fingerprint density at radius 2 is 1.89 bits per heavy atom. The van der Waals surface area contributed by atoms with Crippen molar-refractivity contribution in [2.24, 2.45) is 0 Å². The number of hydrogen-bond acceptors (Lipinski definition) is 5. The zero-order valence-electron chi connectivity index (χ0n) is 15.5. The van der Waals surface area contributed by atoms with Crippen LogP contribution in [0.15, 0.2) is 47.4 Å². The van der Waals surface area contributed by atoms with E-state index in [2.05, 4.69) is 19.1 Å². The molecule has 0 atom stereocenters. The van der Waals surface area contributed by atoms with Gasteiger partial charge < -0.3 is 9.47 Å². The highest BCUT2D eigenvalue weighted by Gasteiger charge is 2.30. The first kappa shape index (κ1) is 19.5. The number of likely N-dealkylation sites (N-methyl/N-ethyl adjacent to an activating group) is 1. The minimum absolute atomic E-state index is 0.0498. The Morgan fingerprint density at radius 3 is 2.52 bits per heavy atom. The molecule has 0 aliphatic carbocycles. The minimum Gasteiger partial charge on any atom is -0.493 e. The zero-order chi connectivity index (χ0) is 19.4. The van der Waals surface area contributed by atoms with Gasteiger partial charge in [-0.1, -0.05) is 59.9 Å². The minimum atomic E-state index is -0.0498. The maximum absolute atomic E-state index is 12.3. The van der Waals surface area contributed by atoms with E-state index < -0.39 is 0 Å². The number of nitrogens with zero attached hydrogens (tertiary/aromatic N) is 1. The summed E-state index contributed by atoms with van der Waals surface area (Å²) in [5.41, 5.74) is 3.18. The van der Waals surface area contributed by atoms with E-state index in [4.69, 9.17) is 21.7 Å². The molecule has 1 heterocycles. The number of thiocarbonyl (C=S) groups is 1. The third-order valence-electron chi connectivity index (χ3n) is 4.19. The maximum Gasteiger partial charge on any atom is 0.266 e. The van der Waals surface area contributed by atoms with Crippen LogP contribution in [-0.4, -0.2) is 28.8 Å². The topological polar surface area (TPSA) is 38.8 Å². The van der Waals surface area contributed by atoms with Crippen LogP contribution in [0.3, 0.4) is 0 Å². The van der Waals surface area contributed by atoms with Crippen molar-refractivity contribution in [3.63, 3.8) is 0 Å². The van der Waals surface area contributed by atoms with Gasteiger partial charge in [-0.25, -0.2) is 0 Å². The van der Waals surface area contributed by atoms with E-state index in [1.807, 2.05) is 43.3 Å². The molecule has 1 saturated heterocycles. The fourth-order valence-electron chi connectivity index (χ4n) is 2.66. The number of benzene rings is 2. The fourth-order valence-corrected chi connectivity index (χ4v) is 4.05. The number of rotatable bonds is 6. The molecule has 1 aliphatic rings. The van der Waals surface area contributed by atoms with Gasteiger partial charge in [-0.3, -0.25) is 9.69 Å². The third kappa shape index (κ3) is 4.51. The van der Waals surface area contributed by atoms with E-state index >= 15 is 0 Å². The van der Waals surface area contributed by atoms with E-state index in [0.717, 1.165) is 11.1 Å². The molecule has 0 unspecified atom stereocenters. The smallest absolute Gasteiger partial charge is 0.266 e. The van der Waals surface area contributed by atoms with E-state index in [9.17, 15) is 4.79 Å². The second-order valence-corrected chi connectivity index (χ2v) is 7.79. The highest BCUT2D eigenvalue weighted by atomic mass is 32.2. The Balaban J connectivity index is 1.76. The second kappa shape index (κ2) is 8.59. The molecule has 0 saturated carbocycles. The molecule has 2 aromatic carbocycles. The lowest BCUT2D eigenvalue weighted by Gasteiger charge is -2.12. The van der Waals surface area contributed by atoms with Gasteiger partial charge in [-0.2, -0.15) is 0 Å². The molecular formula is C21H21NO3S2. The maximum atomic E-state index is 12.3. The zero-order valence-corrected chi connectivity index (χ0v) is 17.2. The fraction of sp³-hybridized carbons (Fsp3) is 0.238. The van der Waals surface area contributed by atoms with E-state index in [1.54, 1.807) is 12.0 Å². The normalized spacial score (nSPS) is 15.5. The van der Waals surface area contributed by atoms with Crippen molar-refractivity contribution in [2.45, 2.75) is 20.5 Å². The molecule has 2 aromatic rings. The Kier molecular flexibility index (Phi) is 6.19. The Hall–Kier alpha value is -2.31. The Bertz CT molecular complexity index is 891. The molecule has 4 nitrogen and oxygen atoms in total. The van der Waals surface area contributed by atoms with Crippen LogP contribution < -0.4 is 9.47 Å². The molecule has 0 aromatic heterocycles. The number of carbonyl (C=O) groups is 1. The van der Waals surface area contributed by atoms with Gasteiger partial charge in [0.05, 0.1) is 12.0 Å². The van der Waals surface area contributed by atoms with Gasteiger partial charge in [-0.15, -0.1) is 0 Å². The second-order valence-electron chi connectivity index (χ2n) is 6.11. The van der Waals surface area contributed by atoms with Gasteiger partial charge in [0, 0.05) is 6.54 Å². The van der Waals surface area contributed by atoms with Crippen LogP contribution in [0.2, 0.25) is 0 Å². The van der Waals surface area contributed by atoms with Crippen LogP contribution in [0.5, 0.6) is 11.5 Å². The third-order valence-corrected chi connectivity index (χ3v) is 5.57. The summed E-state index contributed by atoms with van der Waals surface area (Å²) in [6, 6.07) is 13.8. The average molecular weight is 400 g/mol. The summed E-state index contributed by atoms with van der Waals surface area (Å²) in [4.78, 5) is 14.6. The largest absolute Gasteiger partial charge is 0.493 e. The van der Waals surface area contributed by atoms with Crippen molar-refractivity contribution < 1.29 is 14.3 Å². The summed E-state index contributed by atoms with van der Waals surface area (Å²) in [5, 5.41) is 0. The van der Waals surface area contributed by atoms with Crippen molar-refractivity contribution >= 4 is 40.3 Å². The Labute approximate surface area is 169 Å². The van der Waals surface area contributed by atoms with Gasteiger partial charge >= 0.3 is 0 Å². The SMILES string of the molecule is CCN1C(=O)C(=Cc2ccc(OCc3ccc(C)cc3)c(OC)c2)SC1=S. The lowest BCUT2D eigenvalue weighted by molar-refractivity contribution is -0.121. The van der Waals surface area contributed by atoms with Gasteiger partial charge in [0.1, 0.15) is 10.9 Å². The predicted molar refractivity (Wildman–Crippen MR) is 114 cm³/mol. The molecule has 0 N–H and O–H groups in total. The first-order valence-electron chi connectivity index (χ1n) is 8.63. The summed E-state index contributed by atoms with van der Waals surface area (Å²) in [5.74, 6) is 1.24. The molecule has 1 aliphatic heterocycles. The highest BCUT2D eigenvalue weighted by Crippen LogP contribution is 2.34. The molecule has 27 heavy (non-hydrogen) atoms. The number of methoxy groups -OCH3 is 1. The lowest BCUT2D eigenvalue weighted by Crippen LogP contribution is -2.27. The van der Waals surface area contributed by atoms with Gasteiger partial charge in [-0.05, 0) is 43.2 Å². The van der Waals surface area contributed by atoms with E-state index in [0.29, 0.717) is 33.9 Å². The summed E-state index contributed by atoms with van der Waals surface area (Å²) in [7, 11) is 1.61. The van der Waals surface area contributed by atoms with Crippen molar-refractivity contribution in [3.05, 3.63) is 64.1 Å². The van der Waals surface area contributed by atoms with Gasteiger partial charge in [0.2, 0.25) is 0 Å². The molecule has 6 heteroatoms. The van der Waals surface area contributed by atoms with E-state index in [1.165, 1.54) is 17.3 Å². The number of aryl methyl sites for hydroxylation is 1. The first-order valence-corrected chi connectivity index (χ1v) is 9.86. The molecule has 1 amide bonds. The molecule has 0 spiro atoms. The average Bonchev–Trinajstić information content (AvgIpc) is 2.94. The van der Waals surface area contributed by atoms with Crippen LogP contribution >= 0.6 is 24.0 Å². The van der Waals surface area contributed by atoms with Crippen molar-refractivity contribution in [1.29, 1.82) is 0 Å². The van der Waals surface area contributed by atoms with Crippen LogP contribution in [0.4, 0.5) is 0 Å². The van der Waals surface area contributed by atoms with Gasteiger partial charge in [0.25, 0.3) is 5.91 Å². The summed E-state index contributed by atoms with van der Waals surface area (Å²) in [6.45, 7) is 5.01. The van der Waals surface area contributed by atoms with Crippen molar-refractivity contribution in [3.8, 4) is 11.5 Å². The van der Waals surface area contributed by atoms with Crippen LogP contribution in [0.25, 0.3) is 6.08 Å². The van der Waals surface area contributed by atoms with Crippen LogP contribution in [0, 0.1) is 6.92 Å².